The monoisotopic (exact) mass is 291 g/mol. The first-order valence-electron chi connectivity index (χ1n) is 8.02. The van der Waals surface area contributed by atoms with Gasteiger partial charge in [0.1, 0.15) is 0 Å². The Morgan fingerprint density at radius 2 is 1.26 bits per heavy atom. The number of benzene rings is 4. The largest absolute Gasteiger partial charge is 0.0619 e. The molecule has 0 atom stereocenters. The van der Waals surface area contributed by atoms with Gasteiger partial charge in [0.25, 0.3) is 0 Å². The van der Waals surface area contributed by atoms with Crippen molar-refractivity contribution in [1.29, 1.82) is 0 Å². The summed E-state index contributed by atoms with van der Waals surface area (Å²) in [4.78, 5) is 0. The Labute approximate surface area is 135 Å². The molecule has 1 aliphatic carbocycles. The zero-order valence-electron chi connectivity index (χ0n) is 12.7. The van der Waals surface area contributed by atoms with Gasteiger partial charge in [0.2, 0.25) is 0 Å². The summed E-state index contributed by atoms with van der Waals surface area (Å²) in [6.45, 7) is 0. The van der Waals surface area contributed by atoms with E-state index in [2.05, 4.69) is 84.9 Å². The summed E-state index contributed by atoms with van der Waals surface area (Å²) in [5.41, 5.74) is 5.55. The molecule has 4 aromatic carbocycles. The minimum atomic E-state index is 1.01. The first-order chi connectivity index (χ1) is 11.4. The first kappa shape index (κ1) is 12.7. The second-order valence-electron chi connectivity index (χ2n) is 6.14. The smallest absolute Gasteiger partial charge is 0.00132 e. The summed E-state index contributed by atoms with van der Waals surface area (Å²) in [6, 6.07) is 29.4. The van der Waals surface area contributed by atoms with Crippen molar-refractivity contribution >= 4 is 33.2 Å². The number of hydrogen-bond acceptors (Lipinski definition) is 0. The summed E-state index contributed by atoms with van der Waals surface area (Å²) in [5, 5.41) is 4.98. The van der Waals surface area contributed by atoms with Crippen LogP contribution in [0.5, 0.6) is 0 Å². The lowest BCUT2D eigenvalue weighted by Crippen LogP contribution is -1.90. The van der Waals surface area contributed by atoms with Gasteiger partial charge in [-0.3, -0.25) is 0 Å². The number of fused-ring (bicyclic) bond motifs is 3. The van der Waals surface area contributed by atoms with E-state index < -0.39 is 0 Å². The van der Waals surface area contributed by atoms with E-state index in [1.807, 2.05) is 0 Å². The van der Waals surface area contributed by atoms with Gasteiger partial charge in [-0.1, -0.05) is 78.9 Å². The van der Waals surface area contributed by atoms with Gasteiger partial charge >= 0.3 is 0 Å². The number of hydrogen-bond donors (Lipinski definition) is 0. The SMILES string of the molecule is [c]1c2ccccc2c(C2=Cc3ccccc3C2)c2ccccc12. The van der Waals surface area contributed by atoms with E-state index in [1.165, 1.54) is 43.8 Å². The maximum absolute atomic E-state index is 3.57. The predicted octanol–water partition coefficient (Wildman–Crippen LogP) is 5.89. The van der Waals surface area contributed by atoms with Crippen LogP contribution in [0.3, 0.4) is 0 Å². The van der Waals surface area contributed by atoms with Gasteiger partial charge in [0.15, 0.2) is 0 Å². The molecule has 0 N–H and O–H groups in total. The Balaban J connectivity index is 1.86. The molecular formula is C23H15. The lowest BCUT2D eigenvalue weighted by atomic mass is 9.91. The summed E-state index contributed by atoms with van der Waals surface area (Å²) >= 11 is 0. The molecule has 107 valence electrons. The van der Waals surface area contributed by atoms with E-state index in [9.17, 15) is 0 Å². The highest BCUT2D eigenvalue weighted by Crippen LogP contribution is 2.39. The molecule has 0 heterocycles. The summed E-state index contributed by atoms with van der Waals surface area (Å²) in [5.74, 6) is 0. The van der Waals surface area contributed by atoms with Crippen molar-refractivity contribution in [2.24, 2.45) is 0 Å². The maximum Gasteiger partial charge on any atom is -0.00132 e. The van der Waals surface area contributed by atoms with E-state index in [-0.39, 0.29) is 0 Å². The third-order valence-electron chi connectivity index (χ3n) is 4.75. The van der Waals surface area contributed by atoms with Gasteiger partial charge in [-0.05, 0) is 56.3 Å². The van der Waals surface area contributed by atoms with Crippen LogP contribution in [0.1, 0.15) is 16.7 Å². The zero-order valence-corrected chi connectivity index (χ0v) is 12.7. The quantitative estimate of drug-likeness (QED) is 0.384. The van der Waals surface area contributed by atoms with E-state index in [1.54, 1.807) is 0 Å². The summed E-state index contributed by atoms with van der Waals surface area (Å²) < 4.78 is 0. The van der Waals surface area contributed by atoms with Crippen LogP contribution in [-0.4, -0.2) is 0 Å². The van der Waals surface area contributed by atoms with Crippen LogP contribution in [0.25, 0.3) is 33.2 Å². The van der Waals surface area contributed by atoms with Gasteiger partial charge in [-0.15, -0.1) is 0 Å². The van der Waals surface area contributed by atoms with Crippen LogP contribution in [-0.2, 0) is 6.42 Å². The first-order valence-corrected chi connectivity index (χ1v) is 8.02. The molecule has 4 aromatic rings. The van der Waals surface area contributed by atoms with Crippen molar-refractivity contribution in [3.8, 4) is 0 Å². The molecule has 0 nitrogen and oxygen atoms in total. The zero-order chi connectivity index (χ0) is 15.2. The van der Waals surface area contributed by atoms with Crippen LogP contribution >= 0.6 is 0 Å². The topological polar surface area (TPSA) is 0 Å². The summed E-state index contributed by atoms with van der Waals surface area (Å²) in [6.07, 6.45) is 3.36. The normalized spacial score (nSPS) is 13.3. The molecule has 0 amide bonds. The molecule has 0 heteroatoms. The Kier molecular flexibility index (Phi) is 2.65. The Hall–Kier alpha value is -2.86. The number of allylic oxidation sites excluding steroid dienone is 1. The van der Waals surface area contributed by atoms with Crippen molar-refractivity contribution < 1.29 is 0 Å². The van der Waals surface area contributed by atoms with Gasteiger partial charge in [-0.25, -0.2) is 0 Å². The van der Waals surface area contributed by atoms with Gasteiger partial charge in [0.05, 0.1) is 0 Å². The Morgan fingerprint density at radius 3 is 1.96 bits per heavy atom. The average Bonchev–Trinajstić information content (AvgIpc) is 3.03. The Bertz CT molecular complexity index is 1030. The fraction of sp³-hybridized carbons (Fsp3) is 0.0435. The van der Waals surface area contributed by atoms with Crippen LogP contribution in [0, 0.1) is 6.07 Å². The van der Waals surface area contributed by atoms with Crippen molar-refractivity contribution in [2.45, 2.75) is 6.42 Å². The van der Waals surface area contributed by atoms with E-state index >= 15 is 0 Å². The second kappa shape index (κ2) is 4.82. The van der Waals surface area contributed by atoms with Crippen molar-refractivity contribution in [2.75, 3.05) is 0 Å². The van der Waals surface area contributed by atoms with Gasteiger partial charge in [-0.2, -0.15) is 0 Å². The molecule has 0 bridgehead atoms. The molecule has 5 rings (SSSR count). The van der Waals surface area contributed by atoms with Crippen LogP contribution in [0.15, 0.2) is 72.8 Å². The molecule has 0 saturated heterocycles. The minimum Gasteiger partial charge on any atom is -0.0619 e. The van der Waals surface area contributed by atoms with Crippen molar-refractivity contribution in [3.63, 3.8) is 0 Å². The van der Waals surface area contributed by atoms with E-state index in [0.717, 1.165) is 6.42 Å². The average molecular weight is 291 g/mol. The summed E-state index contributed by atoms with van der Waals surface area (Å²) in [7, 11) is 0. The van der Waals surface area contributed by atoms with Crippen LogP contribution in [0.4, 0.5) is 0 Å². The van der Waals surface area contributed by atoms with E-state index in [4.69, 9.17) is 0 Å². The lowest BCUT2D eigenvalue weighted by Gasteiger charge is -2.12. The highest BCUT2D eigenvalue weighted by Gasteiger charge is 2.17. The standard InChI is InChI=1S/C23H15/c1-2-8-17-14-20(13-16(17)7-1)23-21-11-5-3-9-18(21)15-19-10-4-6-12-22(19)23/h1-13H,14H2. The minimum absolute atomic E-state index is 1.01. The Morgan fingerprint density at radius 1 is 0.652 bits per heavy atom. The highest BCUT2D eigenvalue weighted by molar-refractivity contribution is 6.11. The molecular weight excluding hydrogens is 276 g/mol. The third kappa shape index (κ3) is 1.92. The second-order valence-corrected chi connectivity index (χ2v) is 6.14. The molecule has 0 saturated carbocycles. The fourth-order valence-corrected chi connectivity index (χ4v) is 3.70. The number of rotatable bonds is 1. The fourth-order valence-electron chi connectivity index (χ4n) is 3.70. The molecule has 23 heavy (non-hydrogen) atoms. The molecule has 0 aliphatic heterocycles. The molecule has 0 spiro atoms. The van der Waals surface area contributed by atoms with Crippen molar-refractivity contribution in [3.05, 3.63) is 95.6 Å². The lowest BCUT2D eigenvalue weighted by molar-refractivity contribution is 1.33. The molecule has 0 unspecified atom stereocenters. The third-order valence-corrected chi connectivity index (χ3v) is 4.75. The van der Waals surface area contributed by atoms with Crippen LogP contribution < -0.4 is 0 Å². The molecule has 1 radical (unpaired) electrons. The highest BCUT2D eigenvalue weighted by atomic mass is 14.2. The van der Waals surface area contributed by atoms with E-state index in [0.29, 0.717) is 0 Å². The van der Waals surface area contributed by atoms with Crippen molar-refractivity contribution in [1.82, 2.24) is 0 Å². The predicted molar refractivity (Wildman–Crippen MR) is 98.3 cm³/mol. The molecule has 1 aliphatic rings. The van der Waals surface area contributed by atoms with Crippen LogP contribution in [0.2, 0.25) is 0 Å². The van der Waals surface area contributed by atoms with Gasteiger partial charge in [0, 0.05) is 0 Å². The molecule has 0 fully saturated rings. The molecule has 0 aromatic heterocycles. The van der Waals surface area contributed by atoms with Gasteiger partial charge < -0.3 is 0 Å². The maximum atomic E-state index is 3.57.